The molecule has 0 aromatic carbocycles. The first kappa shape index (κ1) is 12.7. The van der Waals surface area contributed by atoms with Crippen LogP contribution in [-0.2, 0) is 4.74 Å². The predicted molar refractivity (Wildman–Crippen MR) is 60.0 cm³/mol. The highest BCUT2D eigenvalue weighted by molar-refractivity contribution is 7.80. The molecular weight excluding hydrogens is 184 g/mol. The van der Waals surface area contributed by atoms with Gasteiger partial charge in [0.2, 0.25) is 0 Å². The molecule has 0 aliphatic heterocycles. The van der Waals surface area contributed by atoms with Crippen LogP contribution >= 0.6 is 12.2 Å². The van der Waals surface area contributed by atoms with Crippen molar-refractivity contribution in [1.29, 1.82) is 0 Å². The zero-order valence-electron chi connectivity index (χ0n) is 8.80. The molecule has 0 aromatic heterocycles. The quantitative estimate of drug-likeness (QED) is 0.520. The average molecular weight is 204 g/mol. The first-order valence-corrected chi connectivity index (χ1v) is 5.19. The van der Waals surface area contributed by atoms with E-state index < -0.39 is 0 Å². The number of rotatable bonds is 6. The molecule has 0 aliphatic carbocycles. The first-order chi connectivity index (χ1) is 6.22. The van der Waals surface area contributed by atoms with Crippen molar-refractivity contribution in [2.45, 2.75) is 20.3 Å². The second-order valence-electron chi connectivity index (χ2n) is 2.85. The fourth-order valence-corrected chi connectivity index (χ4v) is 1.01. The highest BCUT2D eigenvalue weighted by Gasteiger charge is 2.01. The minimum atomic E-state index is 0.737. The van der Waals surface area contributed by atoms with Gasteiger partial charge in [0.15, 0.2) is 5.11 Å². The second kappa shape index (κ2) is 8.26. The Morgan fingerprint density at radius 3 is 2.69 bits per heavy atom. The van der Waals surface area contributed by atoms with E-state index in [1.807, 2.05) is 18.9 Å². The number of ether oxygens (including phenoxy) is 1. The molecular formula is C9H20N2OS. The Kier molecular flexibility index (Phi) is 8.04. The molecule has 0 unspecified atom stereocenters. The summed E-state index contributed by atoms with van der Waals surface area (Å²) in [5.41, 5.74) is 0. The van der Waals surface area contributed by atoms with Crippen molar-refractivity contribution in [2.24, 2.45) is 0 Å². The van der Waals surface area contributed by atoms with Crippen molar-refractivity contribution in [3.63, 3.8) is 0 Å². The molecule has 0 spiro atoms. The third-order valence-corrected chi connectivity index (χ3v) is 2.10. The van der Waals surface area contributed by atoms with E-state index in [0.29, 0.717) is 0 Å². The molecule has 0 fully saturated rings. The van der Waals surface area contributed by atoms with Crippen molar-refractivity contribution in [2.75, 3.05) is 33.4 Å². The fourth-order valence-electron chi connectivity index (χ4n) is 0.814. The van der Waals surface area contributed by atoms with E-state index in [1.54, 1.807) is 0 Å². The van der Waals surface area contributed by atoms with Gasteiger partial charge in [0.1, 0.15) is 0 Å². The Hall–Kier alpha value is -0.350. The lowest BCUT2D eigenvalue weighted by molar-refractivity contribution is 0.136. The smallest absolute Gasteiger partial charge is 0.168 e. The van der Waals surface area contributed by atoms with E-state index in [-0.39, 0.29) is 0 Å². The van der Waals surface area contributed by atoms with Crippen LogP contribution in [0.1, 0.15) is 20.3 Å². The highest BCUT2D eigenvalue weighted by atomic mass is 32.1. The summed E-state index contributed by atoms with van der Waals surface area (Å²) in [4.78, 5) is 2.00. The van der Waals surface area contributed by atoms with Gasteiger partial charge in [0.25, 0.3) is 0 Å². The Labute approximate surface area is 86.4 Å². The largest absolute Gasteiger partial charge is 0.380 e. The van der Waals surface area contributed by atoms with Crippen LogP contribution in [0.25, 0.3) is 0 Å². The van der Waals surface area contributed by atoms with Crippen LogP contribution in [-0.4, -0.2) is 43.4 Å². The molecule has 0 atom stereocenters. The van der Waals surface area contributed by atoms with E-state index in [4.69, 9.17) is 17.0 Å². The fraction of sp³-hybridized carbons (Fsp3) is 0.889. The standard InChI is InChI=1S/C9H20N2OS/c1-4-6-10-9(13)11(3)7-8-12-5-2/h4-8H2,1-3H3,(H,10,13). The molecule has 0 saturated carbocycles. The lowest BCUT2D eigenvalue weighted by atomic mass is 10.5. The molecule has 0 aromatic rings. The average Bonchev–Trinajstić information content (AvgIpc) is 2.14. The van der Waals surface area contributed by atoms with Gasteiger partial charge in [-0.1, -0.05) is 6.92 Å². The van der Waals surface area contributed by atoms with Gasteiger partial charge >= 0.3 is 0 Å². The molecule has 0 rings (SSSR count). The summed E-state index contributed by atoms with van der Waals surface area (Å²) in [7, 11) is 1.98. The predicted octanol–water partition coefficient (Wildman–Crippen LogP) is 1.24. The van der Waals surface area contributed by atoms with Gasteiger partial charge < -0.3 is 15.0 Å². The summed E-state index contributed by atoms with van der Waals surface area (Å²) in [5.74, 6) is 0. The number of nitrogens with zero attached hydrogens (tertiary/aromatic N) is 1. The minimum Gasteiger partial charge on any atom is -0.380 e. The SMILES string of the molecule is CCCNC(=S)N(C)CCOCC. The Morgan fingerprint density at radius 1 is 1.46 bits per heavy atom. The molecule has 0 bridgehead atoms. The molecule has 0 saturated heterocycles. The van der Waals surface area contributed by atoms with Gasteiger partial charge in [-0.05, 0) is 25.6 Å². The maximum atomic E-state index is 5.23. The number of thiocarbonyl (C=S) groups is 1. The maximum Gasteiger partial charge on any atom is 0.168 e. The van der Waals surface area contributed by atoms with Crippen molar-refractivity contribution >= 4 is 17.3 Å². The van der Waals surface area contributed by atoms with Gasteiger partial charge in [-0.25, -0.2) is 0 Å². The molecule has 78 valence electrons. The lowest BCUT2D eigenvalue weighted by Crippen LogP contribution is -2.39. The Bertz CT molecular complexity index is 142. The van der Waals surface area contributed by atoms with Crippen LogP contribution < -0.4 is 5.32 Å². The van der Waals surface area contributed by atoms with Gasteiger partial charge in [0, 0.05) is 26.7 Å². The lowest BCUT2D eigenvalue weighted by Gasteiger charge is -2.20. The van der Waals surface area contributed by atoms with E-state index in [1.165, 1.54) is 0 Å². The zero-order valence-corrected chi connectivity index (χ0v) is 9.62. The summed E-state index contributed by atoms with van der Waals surface area (Å²) >= 11 is 5.15. The van der Waals surface area contributed by atoms with E-state index in [9.17, 15) is 0 Å². The van der Waals surface area contributed by atoms with Crippen LogP contribution in [0.2, 0.25) is 0 Å². The molecule has 1 N–H and O–H groups in total. The monoisotopic (exact) mass is 204 g/mol. The third kappa shape index (κ3) is 6.78. The van der Waals surface area contributed by atoms with Gasteiger partial charge in [-0.15, -0.1) is 0 Å². The van der Waals surface area contributed by atoms with Crippen LogP contribution in [0.5, 0.6) is 0 Å². The first-order valence-electron chi connectivity index (χ1n) is 4.79. The van der Waals surface area contributed by atoms with Crippen molar-refractivity contribution < 1.29 is 4.74 Å². The zero-order chi connectivity index (χ0) is 10.1. The van der Waals surface area contributed by atoms with Crippen molar-refractivity contribution in [3.8, 4) is 0 Å². The molecule has 0 heterocycles. The molecule has 13 heavy (non-hydrogen) atoms. The number of likely N-dealkylation sites (N-methyl/N-ethyl adjacent to an activating group) is 1. The summed E-state index contributed by atoms with van der Waals surface area (Å²) in [5, 5.41) is 3.97. The topological polar surface area (TPSA) is 24.5 Å². The van der Waals surface area contributed by atoms with Crippen molar-refractivity contribution in [3.05, 3.63) is 0 Å². The van der Waals surface area contributed by atoms with Gasteiger partial charge in [0.05, 0.1) is 6.61 Å². The molecule has 0 aliphatic rings. The third-order valence-electron chi connectivity index (χ3n) is 1.65. The Morgan fingerprint density at radius 2 is 2.15 bits per heavy atom. The van der Waals surface area contributed by atoms with E-state index >= 15 is 0 Å². The van der Waals surface area contributed by atoms with Crippen LogP contribution in [0, 0.1) is 0 Å². The van der Waals surface area contributed by atoms with E-state index in [2.05, 4.69) is 12.2 Å². The second-order valence-corrected chi connectivity index (χ2v) is 3.24. The Balaban J connectivity index is 3.45. The molecule has 0 amide bonds. The summed E-state index contributed by atoms with van der Waals surface area (Å²) in [6, 6.07) is 0. The molecule has 4 heteroatoms. The summed E-state index contributed by atoms with van der Waals surface area (Å²) in [6.45, 7) is 7.41. The van der Waals surface area contributed by atoms with Crippen LogP contribution in [0.15, 0.2) is 0 Å². The van der Waals surface area contributed by atoms with Crippen molar-refractivity contribution in [1.82, 2.24) is 10.2 Å². The van der Waals surface area contributed by atoms with Gasteiger partial charge in [-0.2, -0.15) is 0 Å². The number of hydrogen-bond donors (Lipinski definition) is 1. The highest BCUT2D eigenvalue weighted by Crippen LogP contribution is 1.86. The van der Waals surface area contributed by atoms with E-state index in [0.717, 1.165) is 37.8 Å². The number of hydrogen-bond acceptors (Lipinski definition) is 2. The van der Waals surface area contributed by atoms with Crippen LogP contribution in [0.4, 0.5) is 0 Å². The van der Waals surface area contributed by atoms with Gasteiger partial charge in [-0.3, -0.25) is 0 Å². The minimum absolute atomic E-state index is 0.737. The summed E-state index contributed by atoms with van der Waals surface area (Å²) < 4.78 is 5.23. The molecule has 3 nitrogen and oxygen atoms in total. The normalized spacial score (nSPS) is 9.77. The maximum absolute atomic E-state index is 5.23. The summed E-state index contributed by atoms with van der Waals surface area (Å²) in [6.07, 6.45) is 1.10. The van der Waals surface area contributed by atoms with Crippen LogP contribution in [0.3, 0.4) is 0 Å². The number of nitrogens with one attached hydrogen (secondary N) is 1. The molecule has 0 radical (unpaired) electrons.